The Bertz CT molecular complexity index is 1510. The highest BCUT2D eigenvalue weighted by Gasteiger charge is 2.39. The molecule has 0 bridgehead atoms. The van der Waals surface area contributed by atoms with Crippen LogP contribution in [-0.2, 0) is 14.6 Å². The van der Waals surface area contributed by atoms with Gasteiger partial charge in [0.15, 0.2) is 0 Å². The van der Waals surface area contributed by atoms with E-state index in [1.807, 2.05) is 24.5 Å². The summed E-state index contributed by atoms with van der Waals surface area (Å²) in [7, 11) is 13.7. The highest BCUT2D eigenvalue weighted by Crippen LogP contribution is 2.38. The molecule has 2 aliphatic rings. The molecule has 0 saturated carbocycles. The van der Waals surface area contributed by atoms with Crippen LogP contribution in [0.4, 0.5) is 23.4 Å². The number of pyridine rings is 2. The van der Waals surface area contributed by atoms with Crippen molar-refractivity contribution in [2.75, 3.05) is 46.8 Å². The smallest absolute Gasteiger partial charge is 0.227 e. The Hall–Kier alpha value is -2.86. The first-order valence-corrected chi connectivity index (χ1v) is 16.0. The summed E-state index contributed by atoms with van der Waals surface area (Å²) in [5.74, 6) is 3.24. The first-order chi connectivity index (χ1) is 19.3. The summed E-state index contributed by atoms with van der Waals surface area (Å²) in [6, 6.07) is 3.90. The van der Waals surface area contributed by atoms with Crippen LogP contribution in [0.2, 0.25) is 0 Å². The Labute approximate surface area is 246 Å². The summed E-state index contributed by atoms with van der Waals surface area (Å²) < 4.78 is 29.2. The van der Waals surface area contributed by atoms with Crippen molar-refractivity contribution in [3.8, 4) is 0 Å². The third-order valence-corrected chi connectivity index (χ3v) is 8.83. The molecule has 6 radical (unpaired) electrons. The van der Waals surface area contributed by atoms with E-state index in [0.717, 1.165) is 22.2 Å². The van der Waals surface area contributed by atoms with E-state index >= 15 is 0 Å². The van der Waals surface area contributed by atoms with Crippen molar-refractivity contribution in [3.05, 3.63) is 36.3 Å². The standard InChI is InChI=1S/C27H34B3N7O3S/c1-16(2)21-12-33-25(37-14-18(17(37)3)15-41(4,38)39)22-13-32-24(11-20(21)22)34-23-5-8-31-26(35-23)36-9-6-19(7-10-36)40-27(28,29)30/h5,8,11-13,16-19H,6-7,9-10,14-15H2,1-4H3,(H,31,32,34,35)/t17-,18-/m1/s1. The summed E-state index contributed by atoms with van der Waals surface area (Å²) in [5.41, 5.74) is 1.11. The molecule has 10 nitrogen and oxygen atoms in total. The van der Waals surface area contributed by atoms with Gasteiger partial charge in [0.25, 0.3) is 0 Å². The molecule has 0 aliphatic carbocycles. The van der Waals surface area contributed by atoms with Gasteiger partial charge in [0.05, 0.1) is 35.4 Å². The minimum Gasteiger partial charge on any atom is -0.400 e. The fraction of sp³-hybridized carbons (Fsp3) is 0.556. The van der Waals surface area contributed by atoms with Crippen molar-refractivity contribution in [3.63, 3.8) is 0 Å². The van der Waals surface area contributed by atoms with Crippen molar-refractivity contribution in [2.24, 2.45) is 5.92 Å². The van der Waals surface area contributed by atoms with E-state index in [0.29, 0.717) is 50.1 Å². The second-order valence-corrected chi connectivity index (χ2v) is 13.8. The number of nitrogens with zero attached hydrogens (tertiary/aromatic N) is 6. The molecule has 210 valence electrons. The highest BCUT2D eigenvalue weighted by molar-refractivity contribution is 7.90. The van der Waals surface area contributed by atoms with Gasteiger partial charge >= 0.3 is 0 Å². The monoisotopic (exact) mass is 569 g/mol. The minimum absolute atomic E-state index is 0.0719. The molecule has 2 fully saturated rings. The number of ether oxygens (including phenoxy) is 1. The van der Waals surface area contributed by atoms with Gasteiger partial charge < -0.3 is 19.9 Å². The molecule has 0 amide bonds. The molecule has 2 atom stereocenters. The van der Waals surface area contributed by atoms with E-state index in [1.54, 1.807) is 6.20 Å². The number of anilines is 4. The zero-order valence-electron chi connectivity index (χ0n) is 24.0. The Kier molecular flexibility index (Phi) is 8.26. The lowest BCUT2D eigenvalue weighted by atomic mass is 9.52. The first-order valence-electron chi connectivity index (χ1n) is 13.9. The van der Waals surface area contributed by atoms with Crippen molar-refractivity contribution in [2.45, 2.75) is 57.0 Å². The van der Waals surface area contributed by atoms with Crippen LogP contribution in [0.5, 0.6) is 0 Å². The number of fused-ring (bicyclic) bond motifs is 1. The van der Waals surface area contributed by atoms with Gasteiger partial charge in [-0.15, -0.1) is 0 Å². The SMILES string of the molecule is [B]C([B])([B])OC1CCN(c2nccc(Nc3cc4c(C(C)C)cnc(N5C[C@H](CS(C)(=O)=O)[C@H]5C)c4cn3)n2)CC1. The Morgan fingerprint density at radius 2 is 1.83 bits per heavy atom. The zero-order valence-corrected chi connectivity index (χ0v) is 24.8. The van der Waals surface area contributed by atoms with E-state index in [9.17, 15) is 8.42 Å². The average molecular weight is 569 g/mol. The van der Waals surface area contributed by atoms with Crippen LogP contribution in [0.25, 0.3) is 10.8 Å². The van der Waals surface area contributed by atoms with E-state index in [1.165, 1.54) is 6.26 Å². The predicted molar refractivity (Wildman–Crippen MR) is 165 cm³/mol. The molecule has 2 aliphatic heterocycles. The van der Waals surface area contributed by atoms with Crippen molar-refractivity contribution in [1.82, 2.24) is 19.9 Å². The molecule has 0 unspecified atom stereocenters. The second-order valence-electron chi connectivity index (χ2n) is 11.6. The van der Waals surface area contributed by atoms with Crippen LogP contribution in [0, 0.1) is 5.92 Å². The summed E-state index contributed by atoms with van der Waals surface area (Å²) in [4.78, 5) is 22.9. The largest absolute Gasteiger partial charge is 0.400 e. The molecule has 2 saturated heterocycles. The molecular formula is C27H34B3N7O3S. The lowest BCUT2D eigenvalue weighted by Crippen LogP contribution is -2.57. The maximum absolute atomic E-state index is 11.8. The Morgan fingerprint density at radius 1 is 1.10 bits per heavy atom. The Balaban J connectivity index is 1.34. The normalized spacial score (nSPS) is 20.4. The van der Waals surface area contributed by atoms with Crippen LogP contribution >= 0.6 is 0 Å². The molecule has 1 N–H and O–H groups in total. The van der Waals surface area contributed by atoms with E-state index in [-0.39, 0.29) is 29.7 Å². The third-order valence-electron chi connectivity index (χ3n) is 7.79. The number of piperidine rings is 1. The molecule has 5 rings (SSSR count). The first kappa shape index (κ1) is 29.6. The maximum Gasteiger partial charge on any atom is 0.227 e. The molecule has 5 heterocycles. The highest BCUT2D eigenvalue weighted by atomic mass is 32.2. The number of sulfone groups is 1. The van der Waals surface area contributed by atoms with Crippen LogP contribution < -0.4 is 15.1 Å². The lowest BCUT2D eigenvalue weighted by molar-refractivity contribution is 0.0305. The van der Waals surface area contributed by atoms with Gasteiger partial charge in [0.2, 0.25) is 5.95 Å². The molecule has 3 aromatic heterocycles. The summed E-state index contributed by atoms with van der Waals surface area (Å²) in [5, 5.41) is 3.69. The molecular weight excluding hydrogens is 535 g/mol. The third kappa shape index (κ3) is 6.97. The maximum atomic E-state index is 11.8. The summed E-state index contributed by atoms with van der Waals surface area (Å²) >= 11 is 0. The molecule has 14 heteroatoms. The molecule has 0 aromatic carbocycles. The van der Waals surface area contributed by atoms with Gasteiger partial charge in [-0.1, -0.05) is 13.8 Å². The number of hydrogen-bond donors (Lipinski definition) is 1. The molecule has 3 aromatic rings. The predicted octanol–water partition coefficient (Wildman–Crippen LogP) is 2.26. The summed E-state index contributed by atoms with van der Waals surface area (Å²) in [6.07, 6.45) is 8.07. The van der Waals surface area contributed by atoms with Gasteiger partial charge in [0, 0.05) is 61.8 Å². The molecule has 0 spiro atoms. The molecule has 41 heavy (non-hydrogen) atoms. The zero-order chi connectivity index (χ0) is 29.5. The van der Waals surface area contributed by atoms with Gasteiger partial charge in [-0.2, -0.15) is 4.98 Å². The fourth-order valence-electron chi connectivity index (χ4n) is 5.61. The van der Waals surface area contributed by atoms with Crippen LogP contribution in [-0.4, -0.2) is 101 Å². The van der Waals surface area contributed by atoms with Crippen LogP contribution in [0.1, 0.15) is 45.1 Å². The number of hydrogen-bond acceptors (Lipinski definition) is 10. The van der Waals surface area contributed by atoms with E-state index in [2.05, 4.69) is 40.9 Å². The number of nitrogens with one attached hydrogen (secondary N) is 1. The van der Waals surface area contributed by atoms with E-state index < -0.39 is 15.1 Å². The van der Waals surface area contributed by atoms with Gasteiger partial charge in [-0.05, 0) is 54.1 Å². The van der Waals surface area contributed by atoms with Crippen LogP contribution in [0.3, 0.4) is 0 Å². The van der Waals surface area contributed by atoms with Crippen molar-refractivity contribution >= 4 is 67.6 Å². The van der Waals surface area contributed by atoms with Crippen molar-refractivity contribution < 1.29 is 13.2 Å². The van der Waals surface area contributed by atoms with Gasteiger partial charge in [-0.25, -0.2) is 23.4 Å². The van der Waals surface area contributed by atoms with Gasteiger partial charge in [-0.3, -0.25) is 0 Å². The summed E-state index contributed by atoms with van der Waals surface area (Å²) in [6.45, 7) is 8.35. The van der Waals surface area contributed by atoms with Crippen LogP contribution in [0.15, 0.2) is 30.7 Å². The topological polar surface area (TPSA) is 113 Å². The number of aromatic nitrogens is 4. The Morgan fingerprint density at radius 3 is 2.46 bits per heavy atom. The average Bonchev–Trinajstić information content (AvgIpc) is 2.89. The lowest BCUT2D eigenvalue weighted by Gasteiger charge is -2.47. The minimum atomic E-state index is -3.04. The second kappa shape index (κ2) is 11.4. The van der Waals surface area contributed by atoms with Gasteiger partial charge in [0.1, 0.15) is 27.3 Å². The number of rotatable bonds is 9. The fourth-order valence-corrected chi connectivity index (χ4v) is 6.77. The van der Waals surface area contributed by atoms with E-state index in [4.69, 9.17) is 43.2 Å². The quantitative estimate of drug-likeness (QED) is 0.386. The van der Waals surface area contributed by atoms with Crippen molar-refractivity contribution in [1.29, 1.82) is 0 Å².